The van der Waals surface area contributed by atoms with Gasteiger partial charge in [0, 0.05) is 6.54 Å². The van der Waals surface area contributed by atoms with Gasteiger partial charge in [-0.25, -0.2) is 0 Å². The molecule has 1 rings (SSSR count). The van der Waals surface area contributed by atoms with E-state index in [1.807, 2.05) is 24.3 Å². The van der Waals surface area contributed by atoms with Crippen molar-refractivity contribution in [3.05, 3.63) is 29.8 Å². The average Bonchev–Trinajstić information content (AvgIpc) is 2.26. The van der Waals surface area contributed by atoms with Crippen molar-refractivity contribution in [2.75, 3.05) is 7.11 Å². The van der Waals surface area contributed by atoms with Crippen molar-refractivity contribution in [3.8, 4) is 5.75 Å². The zero-order valence-corrected chi connectivity index (χ0v) is 10.2. The van der Waals surface area contributed by atoms with E-state index in [0.717, 1.165) is 11.3 Å². The lowest BCUT2D eigenvalue weighted by Gasteiger charge is -2.08. The number of rotatable bonds is 4. The van der Waals surface area contributed by atoms with Crippen LogP contribution < -0.4 is 15.8 Å². The summed E-state index contributed by atoms with van der Waals surface area (Å²) in [5.74, 6) is 0.625. The molecule has 0 aliphatic rings. The second-order valence-electron chi connectivity index (χ2n) is 3.36. The summed E-state index contributed by atoms with van der Waals surface area (Å²) in [6.07, 6.45) is 0. The molecule has 4 nitrogen and oxygen atoms in total. The molecule has 0 spiro atoms. The Kier molecular flexibility index (Phi) is 6.53. The number of ether oxygens (including phenoxy) is 1. The highest BCUT2D eigenvalue weighted by Crippen LogP contribution is 2.11. The molecule has 3 N–H and O–H groups in total. The minimum atomic E-state index is -0.476. The van der Waals surface area contributed by atoms with E-state index in [4.69, 9.17) is 10.5 Å². The van der Waals surface area contributed by atoms with Crippen LogP contribution in [0.25, 0.3) is 0 Å². The van der Waals surface area contributed by atoms with Crippen molar-refractivity contribution in [1.82, 2.24) is 5.32 Å². The molecule has 0 aliphatic heterocycles. The van der Waals surface area contributed by atoms with E-state index in [1.165, 1.54) is 0 Å². The van der Waals surface area contributed by atoms with Crippen LogP contribution in [0.1, 0.15) is 12.5 Å². The quantitative estimate of drug-likeness (QED) is 0.833. The summed E-state index contributed by atoms with van der Waals surface area (Å²) in [5, 5.41) is 2.73. The Morgan fingerprint density at radius 3 is 2.81 bits per heavy atom. The molecule has 1 amide bonds. The van der Waals surface area contributed by atoms with Gasteiger partial charge in [-0.2, -0.15) is 0 Å². The van der Waals surface area contributed by atoms with Crippen molar-refractivity contribution in [2.24, 2.45) is 5.73 Å². The zero-order valence-electron chi connectivity index (χ0n) is 9.40. The van der Waals surface area contributed by atoms with Crippen LogP contribution in [0.3, 0.4) is 0 Å². The highest BCUT2D eigenvalue weighted by Gasteiger charge is 2.06. The van der Waals surface area contributed by atoms with Crippen LogP contribution >= 0.6 is 12.4 Å². The number of nitrogens with two attached hydrogens (primary N) is 1. The third-order valence-corrected chi connectivity index (χ3v) is 2.01. The molecule has 0 bridgehead atoms. The standard InChI is InChI=1S/C11H16N2O2.ClH/c1-8(12)11(14)13-7-9-4-3-5-10(6-9)15-2;/h3-6,8H,7,12H2,1-2H3,(H,13,14);1H. The van der Waals surface area contributed by atoms with Crippen LogP contribution in [0, 0.1) is 0 Å². The third kappa shape index (κ3) is 4.51. The third-order valence-electron chi connectivity index (χ3n) is 2.01. The zero-order chi connectivity index (χ0) is 11.3. The molecule has 0 aromatic heterocycles. The molecule has 5 heteroatoms. The number of methoxy groups -OCH3 is 1. The Hall–Kier alpha value is -1.26. The molecule has 16 heavy (non-hydrogen) atoms. The van der Waals surface area contributed by atoms with Crippen LogP contribution in [0.4, 0.5) is 0 Å². The minimum absolute atomic E-state index is 0. The van der Waals surface area contributed by atoms with E-state index in [-0.39, 0.29) is 18.3 Å². The maximum Gasteiger partial charge on any atom is 0.236 e. The molecular formula is C11H17ClN2O2. The molecule has 0 radical (unpaired) electrons. The van der Waals surface area contributed by atoms with Crippen LogP contribution in [0.2, 0.25) is 0 Å². The number of halogens is 1. The minimum Gasteiger partial charge on any atom is -0.497 e. The van der Waals surface area contributed by atoms with Gasteiger partial charge >= 0.3 is 0 Å². The molecule has 0 heterocycles. The number of carbonyl (C=O) groups is 1. The molecule has 1 atom stereocenters. The van der Waals surface area contributed by atoms with Gasteiger partial charge in [0.25, 0.3) is 0 Å². The fourth-order valence-corrected chi connectivity index (χ4v) is 1.13. The van der Waals surface area contributed by atoms with E-state index in [1.54, 1.807) is 14.0 Å². The monoisotopic (exact) mass is 244 g/mol. The molecular weight excluding hydrogens is 228 g/mol. The van der Waals surface area contributed by atoms with E-state index in [9.17, 15) is 4.79 Å². The average molecular weight is 245 g/mol. The summed E-state index contributed by atoms with van der Waals surface area (Å²) >= 11 is 0. The van der Waals surface area contributed by atoms with Crippen molar-refractivity contribution in [1.29, 1.82) is 0 Å². The summed E-state index contributed by atoms with van der Waals surface area (Å²) in [6, 6.07) is 7.06. The summed E-state index contributed by atoms with van der Waals surface area (Å²) in [5.41, 5.74) is 6.41. The topological polar surface area (TPSA) is 64.3 Å². The molecule has 0 saturated carbocycles. The van der Waals surface area contributed by atoms with Gasteiger partial charge in [0.2, 0.25) is 5.91 Å². The number of amides is 1. The fourth-order valence-electron chi connectivity index (χ4n) is 1.13. The van der Waals surface area contributed by atoms with E-state index < -0.39 is 6.04 Å². The lowest BCUT2D eigenvalue weighted by Crippen LogP contribution is -2.37. The van der Waals surface area contributed by atoms with Crippen molar-refractivity contribution >= 4 is 18.3 Å². The van der Waals surface area contributed by atoms with Crippen molar-refractivity contribution in [2.45, 2.75) is 19.5 Å². The molecule has 90 valence electrons. The Morgan fingerprint density at radius 1 is 1.56 bits per heavy atom. The number of hydrogen-bond acceptors (Lipinski definition) is 3. The second-order valence-corrected chi connectivity index (χ2v) is 3.36. The first-order valence-electron chi connectivity index (χ1n) is 4.79. The van der Waals surface area contributed by atoms with Gasteiger partial charge < -0.3 is 15.8 Å². The lowest BCUT2D eigenvalue weighted by atomic mass is 10.2. The Labute approximate surface area is 102 Å². The maximum atomic E-state index is 11.2. The molecule has 0 aliphatic carbocycles. The van der Waals surface area contributed by atoms with Crippen LogP contribution in [-0.2, 0) is 11.3 Å². The van der Waals surface area contributed by atoms with Gasteiger partial charge in [-0.05, 0) is 24.6 Å². The van der Waals surface area contributed by atoms with Gasteiger partial charge in [-0.1, -0.05) is 12.1 Å². The predicted molar refractivity (Wildman–Crippen MR) is 65.7 cm³/mol. The maximum absolute atomic E-state index is 11.2. The summed E-state index contributed by atoms with van der Waals surface area (Å²) in [6.45, 7) is 2.12. The fraction of sp³-hybridized carbons (Fsp3) is 0.364. The summed E-state index contributed by atoms with van der Waals surface area (Å²) in [4.78, 5) is 11.2. The smallest absolute Gasteiger partial charge is 0.236 e. The van der Waals surface area contributed by atoms with Gasteiger partial charge in [-0.15, -0.1) is 12.4 Å². The number of benzene rings is 1. The number of nitrogens with one attached hydrogen (secondary N) is 1. The van der Waals surface area contributed by atoms with Crippen LogP contribution in [0.5, 0.6) is 5.75 Å². The van der Waals surface area contributed by atoms with E-state index in [2.05, 4.69) is 5.32 Å². The van der Waals surface area contributed by atoms with Gasteiger partial charge in [0.15, 0.2) is 0 Å². The van der Waals surface area contributed by atoms with Crippen LogP contribution in [-0.4, -0.2) is 19.1 Å². The lowest BCUT2D eigenvalue weighted by molar-refractivity contribution is -0.122. The normalized spacial score (nSPS) is 11.2. The SMILES string of the molecule is COc1cccc(CNC(=O)C(C)N)c1.Cl. The number of hydrogen-bond donors (Lipinski definition) is 2. The predicted octanol–water partition coefficient (Wildman–Crippen LogP) is 1.08. The highest BCUT2D eigenvalue weighted by atomic mass is 35.5. The largest absolute Gasteiger partial charge is 0.497 e. The molecule has 1 aromatic rings. The first-order chi connectivity index (χ1) is 7.13. The molecule has 0 fully saturated rings. The first-order valence-corrected chi connectivity index (χ1v) is 4.79. The van der Waals surface area contributed by atoms with Crippen molar-refractivity contribution < 1.29 is 9.53 Å². The summed E-state index contributed by atoms with van der Waals surface area (Å²) < 4.78 is 5.07. The molecule has 0 saturated heterocycles. The van der Waals surface area contributed by atoms with Crippen molar-refractivity contribution in [3.63, 3.8) is 0 Å². The Balaban J connectivity index is 0.00000225. The van der Waals surface area contributed by atoms with Gasteiger partial charge in [0.05, 0.1) is 13.2 Å². The van der Waals surface area contributed by atoms with E-state index in [0.29, 0.717) is 6.54 Å². The first kappa shape index (κ1) is 14.7. The Bertz CT molecular complexity index is 343. The van der Waals surface area contributed by atoms with Crippen LogP contribution in [0.15, 0.2) is 24.3 Å². The van der Waals surface area contributed by atoms with Gasteiger partial charge in [0.1, 0.15) is 5.75 Å². The summed E-state index contributed by atoms with van der Waals surface area (Å²) in [7, 11) is 1.61. The number of carbonyl (C=O) groups excluding carboxylic acids is 1. The highest BCUT2D eigenvalue weighted by molar-refractivity contribution is 5.85. The second kappa shape index (κ2) is 7.09. The van der Waals surface area contributed by atoms with Gasteiger partial charge in [-0.3, -0.25) is 4.79 Å². The molecule has 1 unspecified atom stereocenters. The Morgan fingerprint density at radius 2 is 2.25 bits per heavy atom. The molecule has 1 aromatic carbocycles. The van der Waals surface area contributed by atoms with E-state index >= 15 is 0 Å².